The molecule has 1 aromatic heterocycles. The second kappa shape index (κ2) is 5.28. The minimum Gasteiger partial charge on any atom is -0.392 e. The van der Waals surface area contributed by atoms with Crippen LogP contribution in [-0.2, 0) is 13.2 Å². The van der Waals surface area contributed by atoms with Gasteiger partial charge in [0.2, 0.25) is 0 Å². The summed E-state index contributed by atoms with van der Waals surface area (Å²) in [6.45, 7) is 0.811. The normalized spacial score (nSPS) is 10.1. The van der Waals surface area contributed by atoms with Crippen molar-refractivity contribution in [3.05, 3.63) is 59.9 Å². The van der Waals surface area contributed by atoms with Gasteiger partial charge in [0, 0.05) is 24.6 Å². The van der Waals surface area contributed by atoms with E-state index in [9.17, 15) is 0 Å². The minimum atomic E-state index is 0.0718. The van der Waals surface area contributed by atoms with Gasteiger partial charge in [-0.3, -0.25) is 4.98 Å². The molecular formula is C13H14N2O. The molecule has 1 aromatic carbocycles. The number of nitrogens with one attached hydrogen (secondary N) is 1. The van der Waals surface area contributed by atoms with Crippen LogP contribution >= 0.6 is 0 Å². The zero-order valence-corrected chi connectivity index (χ0v) is 8.93. The van der Waals surface area contributed by atoms with Gasteiger partial charge in [0.25, 0.3) is 0 Å². The lowest BCUT2D eigenvalue weighted by Gasteiger charge is -2.07. The minimum absolute atomic E-state index is 0.0718. The number of hydrogen-bond donors (Lipinski definition) is 2. The number of aromatic nitrogens is 1. The van der Waals surface area contributed by atoms with E-state index in [-0.39, 0.29) is 6.61 Å². The van der Waals surface area contributed by atoms with Crippen molar-refractivity contribution in [3.8, 4) is 0 Å². The predicted octanol–water partition coefficient (Wildman–Crippen LogP) is 2.19. The Labute approximate surface area is 94.8 Å². The molecule has 0 atom stereocenters. The van der Waals surface area contributed by atoms with Crippen molar-refractivity contribution in [1.29, 1.82) is 0 Å². The van der Waals surface area contributed by atoms with Gasteiger partial charge in [-0.05, 0) is 29.3 Å². The van der Waals surface area contributed by atoms with Crippen molar-refractivity contribution in [2.45, 2.75) is 13.2 Å². The lowest BCUT2D eigenvalue weighted by Crippen LogP contribution is -2.00. The fourth-order valence-electron chi connectivity index (χ4n) is 1.49. The molecule has 82 valence electrons. The number of benzene rings is 1. The van der Waals surface area contributed by atoms with Gasteiger partial charge in [-0.2, -0.15) is 0 Å². The lowest BCUT2D eigenvalue weighted by atomic mass is 10.2. The fourth-order valence-corrected chi connectivity index (χ4v) is 1.49. The van der Waals surface area contributed by atoms with Crippen LogP contribution in [0.25, 0.3) is 0 Å². The Morgan fingerprint density at radius 1 is 1.12 bits per heavy atom. The molecule has 16 heavy (non-hydrogen) atoms. The van der Waals surface area contributed by atoms with E-state index in [0.29, 0.717) is 0 Å². The van der Waals surface area contributed by atoms with E-state index in [4.69, 9.17) is 5.11 Å². The van der Waals surface area contributed by atoms with E-state index < -0.39 is 0 Å². The molecule has 0 bridgehead atoms. The smallest absolute Gasteiger partial charge is 0.0682 e. The molecule has 0 saturated carbocycles. The zero-order valence-electron chi connectivity index (χ0n) is 8.93. The highest BCUT2D eigenvalue weighted by Gasteiger charge is 1.95. The van der Waals surface area contributed by atoms with Gasteiger partial charge in [0.15, 0.2) is 0 Å². The van der Waals surface area contributed by atoms with Crippen molar-refractivity contribution < 1.29 is 5.11 Å². The number of anilines is 1. The molecule has 2 aromatic rings. The van der Waals surface area contributed by atoms with E-state index >= 15 is 0 Å². The van der Waals surface area contributed by atoms with E-state index in [2.05, 4.69) is 10.3 Å². The Morgan fingerprint density at radius 2 is 2.00 bits per heavy atom. The summed E-state index contributed by atoms with van der Waals surface area (Å²) in [4.78, 5) is 4.05. The highest BCUT2D eigenvalue weighted by Crippen LogP contribution is 2.11. The summed E-state index contributed by atoms with van der Waals surface area (Å²) in [7, 11) is 0. The van der Waals surface area contributed by atoms with Gasteiger partial charge in [-0.15, -0.1) is 0 Å². The Balaban J connectivity index is 1.99. The van der Waals surface area contributed by atoms with E-state index in [1.807, 2.05) is 42.6 Å². The maximum Gasteiger partial charge on any atom is 0.0682 e. The van der Waals surface area contributed by atoms with Gasteiger partial charge >= 0.3 is 0 Å². The Bertz CT molecular complexity index is 443. The van der Waals surface area contributed by atoms with Crippen LogP contribution in [0.4, 0.5) is 5.69 Å². The number of pyridine rings is 1. The van der Waals surface area contributed by atoms with Crippen LogP contribution in [-0.4, -0.2) is 10.1 Å². The highest BCUT2D eigenvalue weighted by molar-refractivity contribution is 5.45. The first kappa shape index (κ1) is 10.6. The van der Waals surface area contributed by atoms with Crippen LogP contribution in [0, 0.1) is 0 Å². The molecule has 0 spiro atoms. The monoisotopic (exact) mass is 214 g/mol. The van der Waals surface area contributed by atoms with E-state index in [1.165, 1.54) is 0 Å². The molecule has 1 heterocycles. The van der Waals surface area contributed by atoms with Crippen molar-refractivity contribution in [2.75, 3.05) is 5.32 Å². The molecule has 0 fully saturated rings. The zero-order chi connectivity index (χ0) is 11.2. The molecule has 3 heteroatoms. The molecule has 0 saturated heterocycles. The van der Waals surface area contributed by atoms with E-state index in [1.54, 1.807) is 6.20 Å². The highest BCUT2D eigenvalue weighted by atomic mass is 16.3. The van der Waals surface area contributed by atoms with Crippen molar-refractivity contribution in [3.63, 3.8) is 0 Å². The topological polar surface area (TPSA) is 45.1 Å². The standard InChI is InChI=1S/C13H14N2O/c16-10-11-3-1-5-13(7-11)15-9-12-4-2-6-14-8-12/h1-8,15-16H,9-10H2. The summed E-state index contributed by atoms with van der Waals surface area (Å²) in [5.41, 5.74) is 3.06. The first-order valence-electron chi connectivity index (χ1n) is 5.21. The first-order valence-corrected chi connectivity index (χ1v) is 5.21. The average molecular weight is 214 g/mol. The quantitative estimate of drug-likeness (QED) is 0.820. The summed E-state index contributed by atoms with van der Waals surface area (Å²) >= 11 is 0. The van der Waals surface area contributed by atoms with E-state index in [0.717, 1.165) is 23.4 Å². The predicted molar refractivity (Wildman–Crippen MR) is 63.9 cm³/mol. The van der Waals surface area contributed by atoms with Crippen LogP contribution < -0.4 is 5.32 Å². The van der Waals surface area contributed by atoms with Gasteiger partial charge in [0.1, 0.15) is 0 Å². The third-order valence-electron chi connectivity index (χ3n) is 2.33. The first-order chi connectivity index (χ1) is 7.88. The molecule has 0 amide bonds. The number of hydrogen-bond acceptors (Lipinski definition) is 3. The summed E-state index contributed by atoms with van der Waals surface area (Å²) in [5, 5.41) is 12.3. The average Bonchev–Trinajstić information content (AvgIpc) is 2.38. The van der Waals surface area contributed by atoms with Gasteiger partial charge in [-0.25, -0.2) is 0 Å². The largest absolute Gasteiger partial charge is 0.392 e. The maximum atomic E-state index is 9.01. The Kier molecular flexibility index (Phi) is 3.51. The summed E-state index contributed by atoms with van der Waals surface area (Å²) in [6, 6.07) is 11.7. The van der Waals surface area contributed by atoms with Crippen LogP contribution in [0.15, 0.2) is 48.8 Å². The molecule has 0 aliphatic carbocycles. The van der Waals surface area contributed by atoms with Crippen LogP contribution in [0.3, 0.4) is 0 Å². The van der Waals surface area contributed by atoms with Crippen LogP contribution in [0.2, 0.25) is 0 Å². The van der Waals surface area contributed by atoms with Gasteiger partial charge in [-0.1, -0.05) is 18.2 Å². The second-order valence-electron chi connectivity index (χ2n) is 3.57. The van der Waals surface area contributed by atoms with Crippen molar-refractivity contribution in [1.82, 2.24) is 4.98 Å². The number of nitrogens with zero attached hydrogens (tertiary/aromatic N) is 1. The fraction of sp³-hybridized carbons (Fsp3) is 0.154. The molecule has 0 unspecified atom stereocenters. The molecule has 2 rings (SSSR count). The van der Waals surface area contributed by atoms with Crippen LogP contribution in [0.1, 0.15) is 11.1 Å². The SMILES string of the molecule is OCc1cccc(NCc2cccnc2)c1. The second-order valence-corrected chi connectivity index (χ2v) is 3.57. The molecule has 2 N–H and O–H groups in total. The molecule has 0 aliphatic heterocycles. The molecule has 0 radical (unpaired) electrons. The lowest BCUT2D eigenvalue weighted by molar-refractivity contribution is 0.282. The third kappa shape index (κ3) is 2.81. The summed E-state index contributed by atoms with van der Waals surface area (Å²) in [6.07, 6.45) is 3.60. The molecule has 3 nitrogen and oxygen atoms in total. The number of aliphatic hydroxyl groups is 1. The molecule has 0 aliphatic rings. The Hall–Kier alpha value is -1.87. The van der Waals surface area contributed by atoms with Gasteiger partial charge < -0.3 is 10.4 Å². The van der Waals surface area contributed by atoms with Gasteiger partial charge in [0.05, 0.1) is 6.61 Å². The Morgan fingerprint density at radius 3 is 2.75 bits per heavy atom. The number of rotatable bonds is 4. The van der Waals surface area contributed by atoms with Crippen molar-refractivity contribution in [2.24, 2.45) is 0 Å². The van der Waals surface area contributed by atoms with Crippen LogP contribution in [0.5, 0.6) is 0 Å². The number of aliphatic hydroxyl groups excluding tert-OH is 1. The molecular weight excluding hydrogens is 200 g/mol. The maximum absolute atomic E-state index is 9.01. The van der Waals surface area contributed by atoms with Crippen molar-refractivity contribution >= 4 is 5.69 Å². The third-order valence-corrected chi connectivity index (χ3v) is 2.33. The summed E-state index contributed by atoms with van der Waals surface area (Å²) in [5.74, 6) is 0. The summed E-state index contributed by atoms with van der Waals surface area (Å²) < 4.78 is 0.